The fourth-order valence-corrected chi connectivity index (χ4v) is 1.06. The van der Waals surface area contributed by atoms with Crippen LogP contribution in [0.15, 0.2) is 0 Å². The Kier molecular flexibility index (Phi) is 2.39. The van der Waals surface area contributed by atoms with Crippen molar-refractivity contribution < 1.29 is 14.1 Å². The Balaban J connectivity index is 2.32. The molecule has 3 heteroatoms. The third-order valence-electron chi connectivity index (χ3n) is 1.69. The van der Waals surface area contributed by atoms with Crippen LogP contribution in [0, 0.1) is 0 Å². The van der Waals surface area contributed by atoms with Gasteiger partial charge in [0.2, 0.25) is 0 Å². The van der Waals surface area contributed by atoms with Gasteiger partial charge in [-0.3, -0.25) is 0 Å². The Bertz CT molecular complexity index is 77.1. The predicted molar refractivity (Wildman–Crippen MR) is 30.7 cm³/mol. The second-order valence-electron chi connectivity index (χ2n) is 2.48. The Morgan fingerprint density at radius 2 is 1.44 bits per heavy atom. The van der Waals surface area contributed by atoms with Gasteiger partial charge < -0.3 is 5.32 Å². The van der Waals surface area contributed by atoms with E-state index in [1.165, 1.54) is 0 Å². The zero-order chi connectivity index (χ0) is 6.69. The molecular formula is C6H12F2N+. The van der Waals surface area contributed by atoms with Crippen molar-refractivity contribution in [3.8, 4) is 0 Å². The Hall–Kier alpha value is -0.180. The van der Waals surface area contributed by atoms with Crippen LogP contribution >= 0.6 is 0 Å². The molecule has 0 amide bonds. The van der Waals surface area contributed by atoms with Crippen LogP contribution in [0.1, 0.15) is 12.8 Å². The second kappa shape index (κ2) is 3.11. The summed E-state index contributed by atoms with van der Waals surface area (Å²) in [6.07, 6.45) is -1.66. The Morgan fingerprint density at radius 3 is 1.89 bits per heavy atom. The summed E-state index contributed by atoms with van der Waals surface area (Å²) in [5, 5.41) is 1.96. The molecule has 2 N–H and O–H groups in total. The van der Waals surface area contributed by atoms with Crippen molar-refractivity contribution >= 4 is 0 Å². The van der Waals surface area contributed by atoms with E-state index in [0.717, 1.165) is 13.1 Å². The highest BCUT2D eigenvalue weighted by molar-refractivity contribution is 4.68. The van der Waals surface area contributed by atoms with Crippen LogP contribution in [-0.4, -0.2) is 25.4 Å². The highest BCUT2D eigenvalue weighted by Gasteiger charge is 2.23. The van der Waals surface area contributed by atoms with Gasteiger partial charge in [0, 0.05) is 12.8 Å². The molecule has 54 valence electrons. The van der Waals surface area contributed by atoms with Gasteiger partial charge in [-0.05, 0) is 0 Å². The molecule has 2 atom stereocenters. The molecule has 1 heterocycles. The van der Waals surface area contributed by atoms with Gasteiger partial charge in [0.15, 0.2) is 0 Å². The monoisotopic (exact) mass is 136 g/mol. The van der Waals surface area contributed by atoms with Crippen molar-refractivity contribution in [2.24, 2.45) is 0 Å². The lowest BCUT2D eigenvalue weighted by atomic mass is 10.1. The molecule has 1 nitrogen and oxygen atoms in total. The number of hydrogen-bond donors (Lipinski definition) is 1. The predicted octanol–water partition coefficient (Wildman–Crippen LogP) is 0.0198. The first kappa shape index (κ1) is 6.93. The first-order valence-corrected chi connectivity index (χ1v) is 3.40. The maximum absolute atomic E-state index is 12.4. The molecule has 2 unspecified atom stereocenters. The number of halogens is 2. The van der Waals surface area contributed by atoms with Crippen LogP contribution < -0.4 is 5.32 Å². The van der Waals surface area contributed by atoms with E-state index in [0.29, 0.717) is 12.8 Å². The molecule has 1 saturated heterocycles. The molecule has 1 aliphatic rings. The maximum atomic E-state index is 12.4. The summed E-state index contributed by atoms with van der Waals surface area (Å²) in [4.78, 5) is 0. The highest BCUT2D eigenvalue weighted by Crippen LogP contribution is 2.11. The zero-order valence-corrected chi connectivity index (χ0v) is 5.32. The number of nitrogens with two attached hydrogens (primary N) is 1. The minimum Gasteiger partial charge on any atom is -0.346 e. The second-order valence-corrected chi connectivity index (χ2v) is 2.48. The lowest BCUT2D eigenvalue weighted by Crippen LogP contribution is -2.83. The van der Waals surface area contributed by atoms with E-state index in [2.05, 4.69) is 0 Å². The smallest absolute Gasteiger partial charge is 0.137 e. The summed E-state index contributed by atoms with van der Waals surface area (Å²) in [5.41, 5.74) is 0. The summed E-state index contributed by atoms with van der Waals surface area (Å²) in [6, 6.07) is 0. The van der Waals surface area contributed by atoms with Crippen LogP contribution in [0.25, 0.3) is 0 Å². The van der Waals surface area contributed by atoms with E-state index in [1.807, 2.05) is 5.32 Å². The minimum absolute atomic E-state index is 0.376. The summed E-state index contributed by atoms with van der Waals surface area (Å²) in [5.74, 6) is 0. The van der Waals surface area contributed by atoms with E-state index in [-0.39, 0.29) is 0 Å². The molecule has 0 saturated carbocycles. The number of hydrogen-bond acceptors (Lipinski definition) is 0. The van der Waals surface area contributed by atoms with E-state index in [9.17, 15) is 8.78 Å². The average molecular weight is 136 g/mol. The van der Waals surface area contributed by atoms with Crippen LogP contribution in [0.3, 0.4) is 0 Å². The lowest BCUT2D eigenvalue weighted by molar-refractivity contribution is -0.653. The molecule has 0 aliphatic carbocycles. The van der Waals surface area contributed by atoms with Gasteiger partial charge in [-0.2, -0.15) is 0 Å². The maximum Gasteiger partial charge on any atom is 0.137 e. The first-order chi connectivity index (χ1) is 4.30. The van der Waals surface area contributed by atoms with Crippen molar-refractivity contribution in [3.63, 3.8) is 0 Å². The fourth-order valence-electron chi connectivity index (χ4n) is 1.06. The summed E-state index contributed by atoms with van der Waals surface area (Å²) in [6.45, 7) is 1.48. The van der Waals surface area contributed by atoms with E-state index < -0.39 is 12.3 Å². The largest absolute Gasteiger partial charge is 0.346 e. The minimum atomic E-state index is -1.20. The van der Waals surface area contributed by atoms with Crippen molar-refractivity contribution in [3.05, 3.63) is 0 Å². The van der Waals surface area contributed by atoms with Crippen LogP contribution in [-0.2, 0) is 0 Å². The number of rotatable bonds is 0. The van der Waals surface area contributed by atoms with Gasteiger partial charge in [-0.15, -0.1) is 0 Å². The lowest BCUT2D eigenvalue weighted by Gasteiger charge is -2.04. The molecule has 0 aromatic carbocycles. The molecule has 0 aromatic heterocycles. The summed E-state index contributed by atoms with van der Waals surface area (Å²) >= 11 is 0. The fraction of sp³-hybridized carbons (Fsp3) is 1.00. The van der Waals surface area contributed by atoms with Gasteiger partial charge in [-0.25, -0.2) is 8.78 Å². The molecule has 9 heavy (non-hydrogen) atoms. The average Bonchev–Trinajstić information content (AvgIpc) is 1.99. The normalized spacial score (nSPS) is 38.0. The molecule has 0 spiro atoms. The third kappa shape index (κ3) is 1.90. The Labute approximate surface area is 53.4 Å². The standard InChI is InChI=1S/C6H11F2N/c7-5-1-3-9-4-2-6(5)8/h5-6,9H,1-4H2/p+1. The number of alkyl halides is 2. The van der Waals surface area contributed by atoms with Crippen molar-refractivity contribution in [1.29, 1.82) is 0 Å². The van der Waals surface area contributed by atoms with Crippen LogP contribution in [0.5, 0.6) is 0 Å². The van der Waals surface area contributed by atoms with E-state index in [4.69, 9.17) is 0 Å². The molecular weight excluding hydrogens is 124 g/mol. The first-order valence-electron chi connectivity index (χ1n) is 3.40. The Morgan fingerprint density at radius 1 is 1.00 bits per heavy atom. The van der Waals surface area contributed by atoms with Crippen LogP contribution in [0.2, 0.25) is 0 Å². The molecule has 0 aromatic rings. The third-order valence-corrected chi connectivity index (χ3v) is 1.69. The van der Waals surface area contributed by atoms with Gasteiger partial charge in [0.25, 0.3) is 0 Å². The molecule has 1 fully saturated rings. The van der Waals surface area contributed by atoms with E-state index >= 15 is 0 Å². The highest BCUT2D eigenvalue weighted by atomic mass is 19.2. The van der Waals surface area contributed by atoms with E-state index in [1.54, 1.807) is 0 Å². The van der Waals surface area contributed by atoms with Gasteiger partial charge in [0.05, 0.1) is 13.1 Å². The van der Waals surface area contributed by atoms with Crippen LogP contribution in [0.4, 0.5) is 8.78 Å². The van der Waals surface area contributed by atoms with Gasteiger partial charge in [-0.1, -0.05) is 0 Å². The van der Waals surface area contributed by atoms with Crippen molar-refractivity contribution in [2.75, 3.05) is 13.1 Å². The summed E-state index contributed by atoms with van der Waals surface area (Å²) in [7, 11) is 0. The molecule has 0 bridgehead atoms. The van der Waals surface area contributed by atoms with Crippen molar-refractivity contribution in [2.45, 2.75) is 25.2 Å². The van der Waals surface area contributed by atoms with Gasteiger partial charge >= 0.3 is 0 Å². The molecule has 1 rings (SSSR count). The zero-order valence-electron chi connectivity index (χ0n) is 5.32. The SMILES string of the molecule is FC1CC[NH2+]CCC1F. The quantitative estimate of drug-likeness (QED) is 0.483. The molecule has 0 radical (unpaired) electrons. The molecule has 1 aliphatic heterocycles. The van der Waals surface area contributed by atoms with Gasteiger partial charge in [0.1, 0.15) is 12.3 Å². The van der Waals surface area contributed by atoms with Crippen molar-refractivity contribution in [1.82, 2.24) is 0 Å². The topological polar surface area (TPSA) is 16.6 Å². The number of quaternary nitrogens is 1. The summed E-state index contributed by atoms with van der Waals surface area (Å²) < 4.78 is 24.9.